The lowest BCUT2D eigenvalue weighted by molar-refractivity contribution is 0.490. The molecule has 0 spiro atoms. The molecule has 0 saturated heterocycles. The molecule has 0 bridgehead atoms. The standard InChI is InChI=1S/C9H18Cl4S/c1-2-9(8-14(11,12)13)6-4-3-5-7-10/h9H,2-8H2,1H3. The van der Waals surface area contributed by atoms with Crippen molar-refractivity contribution >= 4 is 51.3 Å². The second-order valence-corrected chi connectivity index (χ2v) is 11.4. The number of halogens is 4. The Morgan fingerprint density at radius 3 is 2.14 bits per heavy atom. The quantitative estimate of drug-likeness (QED) is 0.376. The zero-order valence-electron chi connectivity index (χ0n) is 8.45. The monoisotopic (exact) mass is 298 g/mol. The first kappa shape index (κ1) is 15.5. The Bertz CT molecular complexity index is 135. The minimum absolute atomic E-state index is 0.563. The molecule has 1 unspecified atom stereocenters. The van der Waals surface area contributed by atoms with Gasteiger partial charge in [-0.15, -0.1) is 11.6 Å². The van der Waals surface area contributed by atoms with Crippen molar-refractivity contribution in [2.75, 3.05) is 11.6 Å². The lowest BCUT2D eigenvalue weighted by Crippen LogP contribution is -2.05. The average molecular weight is 300 g/mol. The molecule has 0 aromatic rings. The molecule has 0 aromatic heterocycles. The van der Waals surface area contributed by atoms with Crippen LogP contribution in [0.3, 0.4) is 0 Å². The van der Waals surface area contributed by atoms with Gasteiger partial charge in [0.15, 0.2) is 0 Å². The summed E-state index contributed by atoms with van der Waals surface area (Å²) in [6.07, 6.45) is 5.75. The fourth-order valence-corrected chi connectivity index (χ4v) is 4.11. The van der Waals surface area contributed by atoms with Crippen molar-refractivity contribution in [3.05, 3.63) is 0 Å². The van der Waals surface area contributed by atoms with Crippen molar-refractivity contribution in [3.8, 4) is 0 Å². The highest BCUT2D eigenvalue weighted by molar-refractivity contribution is 8.79. The molecule has 0 fully saturated rings. The zero-order chi connectivity index (χ0) is 11.0. The summed E-state index contributed by atoms with van der Waals surface area (Å²) in [6, 6.07) is 0. The molecule has 5 heteroatoms. The number of hydrogen-bond acceptors (Lipinski definition) is 0. The van der Waals surface area contributed by atoms with Crippen LogP contribution in [0.15, 0.2) is 0 Å². The third-order valence-electron chi connectivity index (χ3n) is 2.25. The highest BCUT2D eigenvalue weighted by atomic mass is 36.2. The van der Waals surface area contributed by atoms with E-state index < -0.39 is 7.67 Å². The van der Waals surface area contributed by atoms with Crippen LogP contribution >= 0.6 is 51.3 Å². The molecule has 0 aliphatic carbocycles. The number of unbranched alkanes of at least 4 members (excludes halogenated alkanes) is 2. The van der Waals surface area contributed by atoms with E-state index in [1.807, 2.05) is 0 Å². The zero-order valence-corrected chi connectivity index (χ0v) is 12.3. The van der Waals surface area contributed by atoms with Crippen LogP contribution in [0.1, 0.15) is 39.0 Å². The van der Waals surface area contributed by atoms with Crippen molar-refractivity contribution in [2.45, 2.75) is 39.0 Å². The van der Waals surface area contributed by atoms with Gasteiger partial charge in [0.05, 0.1) is 0 Å². The van der Waals surface area contributed by atoms with Gasteiger partial charge in [-0.1, -0.05) is 26.2 Å². The molecule has 0 amide bonds. The van der Waals surface area contributed by atoms with E-state index in [9.17, 15) is 0 Å². The van der Waals surface area contributed by atoms with Gasteiger partial charge in [-0.25, -0.2) is 0 Å². The Hall–Kier alpha value is 1.51. The van der Waals surface area contributed by atoms with Gasteiger partial charge in [-0.05, 0) is 58.5 Å². The van der Waals surface area contributed by atoms with Crippen LogP contribution in [0, 0.1) is 5.92 Å². The summed E-state index contributed by atoms with van der Waals surface area (Å²) in [7, 11) is 15.6. The molecule has 0 saturated carbocycles. The van der Waals surface area contributed by atoms with Crippen molar-refractivity contribution in [1.29, 1.82) is 0 Å². The Balaban J connectivity index is 3.58. The van der Waals surface area contributed by atoms with E-state index in [-0.39, 0.29) is 0 Å². The first-order valence-corrected chi connectivity index (χ1v) is 9.77. The molecule has 88 valence electrons. The van der Waals surface area contributed by atoms with Crippen molar-refractivity contribution in [2.24, 2.45) is 5.92 Å². The highest BCUT2D eigenvalue weighted by Crippen LogP contribution is 2.64. The molecule has 0 rings (SSSR count). The molecule has 0 aromatic carbocycles. The Labute approximate surface area is 107 Å². The first-order valence-electron chi connectivity index (χ1n) is 4.95. The third kappa shape index (κ3) is 10.0. The molecule has 1 atom stereocenters. The minimum Gasteiger partial charge on any atom is -0.127 e. The summed E-state index contributed by atoms with van der Waals surface area (Å²) in [5.41, 5.74) is 0. The predicted octanol–water partition coefficient (Wildman–Crippen LogP) is 6.08. The SMILES string of the molecule is CCC(CCCCCCl)CS(Cl)(Cl)Cl. The third-order valence-corrected chi connectivity index (χ3v) is 4.50. The van der Waals surface area contributed by atoms with E-state index in [4.69, 9.17) is 43.6 Å². The first-order chi connectivity index (χ1) is 6.49. The smallest absolute Gasteiger partial charge is 0.0223 e. The van der Waals surface area contributed by atoms with Crippen LogP contribution in [-0.4, -0.2) is 11.6 Å². The van der Waals surface area contributed by atoms with E-state index in [0.717, 1.165) is 30.9 Å². The molecule has 0 aliphatic heterocycles. The number of rotatable bonds is 8. The van der Waals surface area contributed by atoms with Crippen molar-refractivity contribution in [3.63, 3.8) is 0 Å². The number of alkyl halides is 1. The van der Waals surface area contributed by atoms with Crippen LogP contribution < -0.4 is 0 Å². The van der Waals surface area contributed by atoms with Gasteiger partial charge in [0, 0.05) is 11.6 Å². The Kier molecular flexibility index (Phi) is 9.57. The van der Waals surface area contributed by atoms with Crippen LogP contribution in [0.5, 0.6) is 0 Å². The van der Waals surface area contributed by atoms with E-state index >= 15 is 0 Å². The summed E-state index contributed by atoms with van der Waals surface area (Å²) >= 11 is 5.60. The van der Waals surface area contributed by atoms with Crippen LogP contribution in [0.4, 0.5) is 0 Å². The molecule has 0 heterocycles. The fraction of sp³-hybridized carbons (Fsp3) is 1.00. The summed E-state index contributed by atoms with van der Waals surface area (Å²) in [5, 5.41) is 0. The molecular weight excluding hydrogens is 282 g/mol. The largest absolute Gasteiger partial charge is 0.127 e. The second-order valence-electron chi connectivity index (χ2n) is 3.48. The van der Waals surface area contributed by atoms with Gasteiger partial charge in [0.2, 0.25) is 0 Å². The summed E-state index contributed by atoms with van der Waals surface area (Å²) in [4.78, 5) is 0. The maximum Gasteiger partial charge on any atom is 0.0223 e. The Morgan fingerprint density at radius 1 is 1.07 bits per heavy atom. The van der Waals surface area contributed by atoms with Crippen molar-refractivity contribution < 1.29 is 0 Å². The average Bonchev–Trinajstić information content (AvgIpc) is 2.08. The molecule has 0 radical (unpaired) electrons. The normalized spacial score (nSPS) is 15.5. The fourth-order valence-electron chi connectivity index (χ4n) is 1.38. The summed E-state index contributed by atoms with van der Waals surface area (Å²) < 4.78 is 0. The molecule has 0 N–H and O–H groups in total. The van der Waals surface area contributed by atoms with Crippen LogP contribution in [0.25, 0.3) is 0 Å². The van der Waals surface area contributed by atoms with Crippen LogP contribution in [-0.2, 0) is 0 Å². The second kappa shape index (κ2) is 8.64. The topological polar surface area (TPSA) is 0 Å². The van der Waals surface area contributed by atoms with Gasteiger partial charge >= 0.3 is 0 Å². The molecule has 14 heavy (non-hydrogen) atoms. The summed E-state index contributed by atoms with van der Waals surface area (Å²) in [6.45, 7) is 2.15. The molecular formula is C9H18Cl4S. The van der Waals surface area contributed by atoms with Crippen molar-refractivity contribution in [1.82, 2.24) is 0 Å². The maximum atomic E-state index is 5.84. The van der Waals surface area contributed by atoms with Gasteiger partial charge in [0.25, 0.3) is 0 Å². The molecule has 0 aliphatic rings. The van der Waals surface area contributed by atoms with E-state index in [2.05, 4.69) is 6.92 Å². The summed E-state index contributed by atoms with van der Waals surface area (Å²) in [5.74, 6) is 2.06. The highest BCUT2D eigenvalue weighted by Gasteiger charge is 2.19. The van der Waals surface area contributed by atoms with Gasteiger partial charge < -0.3 is 0 Å². The minimum atomic E-state index is -1.89. The van der Waals surface area contributed by atoms with Gasteiger partial charge in [0.1, 0.15) is 0 Å². The van der Waals surface area contributed by atoms with Crippen LogP contribution in [0.2, 0.25) is 0 Å². The van der Waals surface area contributed by atoms with Gasteiger partial charge in [-0.2, -0.15) is 0 Å². The van der Waals surface area contributed by atoms with E-state index in [0.29, 0.717) is 5.92 Å². The predicted molar refractivity (Wildman–Crippen MR) is 73.0 cm³/mol. The number of hydrogen-bond donors (Lipinski definition) is 0. The molecule has 0 nitrogen and oxygen atoms in total. The maximum absolute atomic E-state index is 5.84. The van der Waals surface area contributed by atoms with E-state index in [1.165, 1.54) is 12.8 Å². The van der Waals surface area contributed by atoms with E-state index in [1.54, 1.807) is 0 Å². The Morgan fingerprint density at radius 2 is 1.71 bits per heavy atom. The lowest BCUT2D eigenvalue weighted by atomic mass is 10.0. The van der Waals surface area contributed by atoms with Gasteiger partial charge in [-0.3, -0.25) is 0 Å². The lowest BCUT2D eigenvalue weighted by Gasteiger charge is -2.22.